The number of esters is 1. The highest BCUT2D eigenvalue weighted by Gasteiger charge is 2.98. The number of carbonyl (C=O) groups is 1. The fourth-order valence-corrected chi connectivity index (χ4v) is 2.22. The lowest BCUT2D eigenvalue weighted by molar-refractivity contribution is -0.466. The Morgan fingerprint density at radius 3 is 1.27 bits per heavy atom. The molecule has 0 saturated carbocycles. The van der Waals surface area contributed by atoms with E-state index in [4.69, 9.17) is 5.11 Å². The molecule has 22 heteroatoms. The highest BCUT2D eigenvalue weighted by Crippen LogP contribution is 2.66. The van der Waals surface area contributed by atoms with Crippen LogP contribution in [0.1, 0.15) is 13.3 Å². The number of allylic oxidation sites excluding steroid dienone is 1. The van der Waals surface area contributed by atoms with E-state index in [0.717, 1.165) is 6.92 Å². The average Bonchev–Trinajstić information content (AvgIpc) is 2.67. The van der Waals surface area contributed by atoms with Gasteiger partial charge in [0.25, 0.3) is 5.67 Å². The molecule has 0 heterocycles. The van der Waals surface area contributed by atoms with Gasteiger partial charge in [-0.05, 0) is 6.42 Å². The fourth-order valence-electron chi connectivity index (χ4n) is 2.22. The van der Waals surface area contributed by atoms with Crippen LogP contribution in [0, 0.1) is 0 Å². The second-order valence-corrected chi connectivity index (χ2v) is 6.83. The van der Waals surface area contributed by atoms with Crippen molar-refractivity contribution < 1.29 is 98.1 Å². The molecule has 37 heavy (non-hydrogen) atoms. The van der Waals surface area contributed by atoms with Crippen LogP contribution in [-0.4, -0.2) is 71.2 Å². The summed E-state index contributed by atoms with van der Waals surface area (Å²) < 4.78 is 255. The number of aliphatic hydroxyl groups is 1. The van der Waals surface area contributed by atoms with Gasteiger partial charge in [-0.2, -0.15) is 74.6 Å². The molecule has 0 fully saturated rings. The molecular weight excluding hydrogens is 589 g/mol. The Morgan fingerprint density at radius 2 is 0.973 bits per heavy atom. The van der Waals surface area contributed by atoms with E-state index in [2.05, 4.69) is 4.74 Å². The van der Waals surface area contributed by atoms with Crippen LogP contribution in [0.5, 0.6) is 0 Å². The topological polar surface area (TPSA) is 46.5 Å². The van der Waals surface area contributed by atoms with E-state index >= 15 is 0 Å². The second-order valence-electron chi connectivity index (χ2n) is 6.83. The third kappa shape index (κ3) is 4.94. The summed E-state index contributed by atoms with van der Waals surface area (Å²) in [6.45, 7) is 0.222. The summed E-state index contributed by atoms with van der Waals surface area (Å²) in [6.07, 6.45) is -27.1. The van der Waals surface area contributed by atoms with E-state index in [1.54, 1.807) is 0 Å². The number of ether oxygens (including phenoxy) is 1. The van der Waals surface area contributed by atoms with E-state index in [9.17, 15) is 88.2 Å². The van der Waals surface area contributed by atoms with E-state index in [0.29, 0.717) is 0 Å². The number of rotatable bonds is 9. The third-order valence-electron chi connectivity index (χ3n) is 4.25. The number of carbonyl (C=O) groups excluding carboxylic acids is 1. The van der Waals surface area contributed by atoms with E-state index < -0.39 is 78.0 Å². The molecule has 0 aromatic rings. The molecule has 0 aliphatic carbocycles. The maximum atomic E-state index is 14.3. The van der Waals surface area contributed by atoms with E-state index in [1.807, 2.05) is 0 Å². The number of aliphatic hydroxyl groups excluding tert-OH is 1. The van der Waals surface area contributed by atoms with Gasteiger partial charge in [0.15, 0.2) is 0 Å². The molecule has 1 unspecified atom stereocenters. The van der Waals surface area contributed by atoms with E-state index in [1.165, 1.54) is 0 Å². The summed E-state index contributed by atoms with van der Waals surface area (Å²) in [5.74, 6) is -41.5. The van der Waals surface area contributed by atoms with Gasteiger partial charge in [0, 0.05) is 6.08 Å². The molecule has 220 valence electrons. The molecule has 0 aliphatic rings. The molecule has 3 nitrogen and oxygen atoms in total. The molecule has 0 aromatic heterocycles. The lowest BCUT2D eigenvalue weighted by Gasteiger charge is -2.45. The molecule has 0 aliphatic heterocycles. The van der Waals surface area contributed by atoms with Crippen LogP contribution in [0.4, 0.5) is 83.4 Å². The van der Waals surface area contributed by atoms with Crippen molar-refractivity contribution in [3.63, 3.8) is 0 Å². The van der Waals surface area contributed by atoms with Crippen LogP contribution in [0.3, 0.4) is 0 Å². The van der Waals surface area contributed by atoms with Crippen molar-refractivity contribution in [2.45, 2.75) is 66.9 Å². The molecule has 1 atom stereocenters. The molecular formula is C15H9F19O3. The van der Waals surface area contributed by atoms with Crippen molar-refractivity contribution in [1.29, 1.82) is 0 Å². The largest absolute Gasteiger partial charge is 0.502 e. The zero-order chi connectivity index (χ0) is 30.5. The Morgan fingerprint density at radius 1 is 0.622 bits per heavy atom. The molecule has 0 saturated heterocycles. The molecule has 0 rings (SSSR count). The van der Waals surface area contributed by atoms with Gasteiger partial charge in [-0.1, -0.05) is 6.92 Å². The summed E-state index contributed by atoms with van der Waals surface area (Å²) in [7, 11) is 0. The predicted octanol–water partition coefficient (Wildman–Crippen LogP) is 7.03. The van der Waals surface area contributed by atoms with Gasteiger partial charge in [0.1, 0.15) is 0 Å². The first-order valence-electron chi connectivity index (χ1n) is 8.55. The molecule has 0 spiro atoms. The van der Waals surface area contributed by atoms with Gasteiger partial charge in [-0.3, -0.25) is 0 Å². The quantitative estimate of drug-likeness (QED) is 0.134. The van der Waals surface area contributed by atoms with Crippen LogP contribution in [-0.2, 0) is 9.53 Å². The lowest BCUT2D eigenvalue weighted by atomic mass is 9.81. The fraction of sp³-hybridized carbons (Fsp3) is 0.800. The maximum absolute atomic E-state index is 14.3. The van der Waals surface area contributed by atoms with Gasteiger partial charge in [-0.15, -0.1) is 0 Å². The highest BCUT2D eigenvalue weighted by atomic mass is 19.4. The Balaban J connectivity index is 7.37. The van der Waals surface area contributed by atoms with Crippen molar-refractivity contribution in [2.24, 2.45) is 0 Å². The second kappa shape index (κ2) is 9.45. The zero-order valence-corrected chi connectivity index (χ0v) is 16.9. The first-order chi connectivity index (χ1) is 15.9. The standard InChI is InChI=1S/C15H9F19O3/c1-2-3-37-6(36)5(35)4-7(16,13(26,27)28)9(18,19)11(22,23)12(24,25)10(20,21)8(17,14(29,30)31)15(32,33)34/h4,35H,2-3H2,1H3. The minimum Gasteiger partial charge on any atom is -0.502 e. The van der Waals surface area contributed by atoms with Gasteiger partial charge in [-0.25, -0.2) is 13.6 Å². The first-order valence-corrected chi connectivity index (χ1v) is 8.55. The van der Waals surface area contributed by atoms with Crippen LogP contribution in [0.15, 0.2) is 11.8 Å². The van der Waals surface area contributed by atoms with Crippen molar-refractivity contribution in [2.75, 3.05) is 6.61 Å². The summed E-state index contributed by atoms with van der Waals surface area (Å²) in [5.41, 5.74) is -16.4. The van der Waals surface area contributed by atoms with Crippen LogP contribution >= 0.6 is 0 Å². The SMILES string of the molecule is CCCOC(=O)C(O)=CC(F)(C(F)(F)F)C(F)(F)C(F)(F)C(F)(F)C(F)(F)C(F)(C(F)(F)F)C(F)(F)F. The van der Waals surface area contributed by atoms with Gasteiger partial charge in [0.05, 0.1) is 6.61 Å². The average molecular weight is 598 g/mol. The predicted molar refractivity (Wildman–Crippen MR) is 77.6 cm³/mol. The van der Waals surface area contributed by atoms with Crippen molar-refractivity contribution >= 4 is 5.97 Å². The molecule has 0 bridgehead atoms. The number of hydrogen-bond donors (Lipinski definition) is 1. The zero-order valence-electron chi connectivity index (χ0n) is 16.9. The first kappa shape index (κ1) is 34.7. The lowest BCUT2D eigenvalue weighted by Crippen LogP contribution is -2.77. The monoisotopic (exact) mass is 598 g/mol. The minimum absolute atomic E-state index is 0.266. The Labute approximate surface area is 190 Å². The van der Waals surface area contributed by atoms with Crippen LogP contribution < -0.4 is 0 Å². The Hall–Kier alpha value is -2.32. The van der Waals surface area contributed by atoms with Gasteiger partial charge >= 0.3 is 53.9 Å². The van der Waals surface area contributed by atoms with E-state index in [-0.39, 0.29) is 6.42 Å². The van der Waals surface area contributed by atoms with Crippen LogP contribution in [0.2, 0.25) is 0 Å². The van der Waals surface area contributed by atoms with Gasteiger partial charge < -0.3 is 9.84 Å². The van der Waals surface area contributed by atoms with Crippen molar-refractivity contribution in [3.8, 4) is 0 Å². The summed E-state index contributed by atoms with van der Waals surface area (Å²) in [6, 6.07) is 0. The number of halogens is 19. The highest BCUT2D eigenvalue weighted by molar-refractivity contribution is 5.86. The smallest absolute Gasteiger partial charge is 0.438 e. The van der Waals surface area contributed by atoms with Crippen LogP contribution in [0.25, 0.3) is 0 Å². The Kier molecular flexibility index (Phi) is 8.86. The molecule has 0 amide bonds. The molecule has 1 N–H and O–H groups in total. The molecule has 0 aromatic carbocycles. The minimum atomic E-state index is -9.13. The summed E-state index contributed by atoms with van der Waals surface area (Å²) in [5, 5.41) is 8.95. The Bertz CT molecular complexity index is 851. The summed E-state index contributed by atoms with van der Waals surface area (Å²) in [4.78, 5) is 11.1. The van der Waals surface area contributed by atoms with Gasteiger partial charge in [0.2, 0.25) is 5.76 Å². The third-order valence-corrected chi connectivity index (χ3v) is 4.25. The molecule has 0 radical (unpaired) electrons. The summed E-state index contributed by atoms with van der Waals surface area (Å²) >= 11 is 0. The number of hydrogen-bond acceptors (Lipinski definition) is 3. The van der Waals surface area contributed by atoms with Crippen molar-refractivity contribution in [1.82, 2.24) is 0 Å². The van der Waals surface area contributed by atoms with Crippen molar-refractivity contribution in [3.05, 3.63) is 11.8 Å². The maximum Gasteiger partial charge on any atom is 0.438 e. The normalized spacial score (nSPS) is 17.5. The number of alkyl halides is 19.